The SMILES string of the molecule is CN=C(NCCCCCc1ccccc1)NCCc1ncc(C)s1. The van der Waals surface area contributed by atoms with Gasteiger partial charge in [0.05, 0.1) is 5.01 Å². The molecule has 0 saturated heterocycles. The second-order valence-corrected chi connectivity index (χ2v) is 7.16. The van der Waals surface area contributed by atoms with Crippen LogP contribution < -0.4 is 10.6 Å². The van der Waals surface area contributed by atoms with Gasteiger partial charge in [0.15, 0.2) is 5.96 Å². The maximum atomic E-state index is 4.38. The fourth-order valence-electron chi connectivity index (χ4n) is 2.51. The minimum atomic E-state index is 0.862. The Morgan fingerprint density at radius 2 is 1.83 bits per heavy atom. The van der Waals surface area contributed by atoms with Crippen molar-refractivity contribution in [2.45, 2.75) is 39.0 Å². The Hall–Kier alpha value is -1.88. The second-order valence-electron chi connectivity index (χ2n) is 5.84. The molecule has 2 rings (SSSR count). The van der Waals surface area contributed by atoms with Gasteiger partial charge in [0.25, 0.3) is 0 Å². The van der Waals surface area contributed by atoms with Crippen molar-refractivity contribution in [1.29, 1.82) is 0 Å². The molecule has 0 fully saturated rings. The van der Waals surface area contributed by atoms with E-state index in [-0.39, 0.29) is 0 Å². The van der Waals surface area contributed by atoms with E-state index in [1.54, 1.807) is 11.3 Å². The molecular formula is C19H28N4S. The molecule has 130 valence electrons. The van der Waals surface area contributed by atoms with Crippen molar-refractivity contribution in [2.75, 3.05) is 20.1 Å². The fraction of sp³-hybridized carbons (Fsp3) is 0.474. The molecule has 24 heavy (non-hydrogen) atoms. The third-order valence-corrected chi connectivity index (χ3v) is 4.77. The standard InChI is InChI=1S/C19H28N4S/c1-16-15-23-18(24-16)12-14-22-19(20-2)21-13-8-4-7-11-17-9-5-3-6-10-17/h3,5-6,9-10,15H,4,7-8,11-14H2,1-2H3,(H2,20,21,22). The minimum absolute atomic E-state index is 0.862. The Balaban J connectivity index is 1.52. The van der Waals surface area contributed by atoms with Crippen molar-refractivity contribution < 1.29 is 0 Å². The number of nitrogens with one attached hydrogen (secondary N) is 2. The topological polar surface area (TPSA) is 49.3 Å². The van der Waals surface area contributed by atoms with Crippen LogP contribution in [0.2, 0.25) is 0 Å². The zero-order valence-electron chi connectivity index (χ0n) is 14.7. The molecule has 5 heteroatoms. The number of unbranched alkanes of at least 4 members (excludes halogenated alkanes) is 2. The first-order valence-electron chi connectivity index (χ1n) is 8.67. The van der Waals surface area contributed by atoms with Crippen molar-refractivity contribution in [3.63, 3.8) is 0 Å². The summed E-state index contributed by atoms with van der Waals surface area (Å²) in [5.41, 5.74) is 1.43. The van der Waals surface area contributed by atoms with E-state index in [2.05, 4.69) is 57.9 Å². The lowest BCUT2D eigenvalue weighted by Gasteiger charge is -2.11. The van der Waals surface area contributed by atoms with Crippen molar-refractivity contribution in [1.82, 2.24) is 15.6 Å². The largest absolute Gasteiger partial charge is 0.356 e. The smallest absolute Gasteiger partial charge is 0.190 e. The monoisotopic (exact) mass is 344 g/mol. The van der Waals surface area contributed by atoms with Gasteiger partial charge in [-0.05, 0) is 31.7 Å². The van der Waals surface area contributed by atoms with Gasteiger partial charge in [0.1, 0.15) is 0 Å². The summed E-state index contributed by atoms with van der Waals surface area (Å²) < 4.78 is 0. The van der Waals surface area contributed by atoms with Gasteiger partial charge in [-0.2, -0.15) is 0 Å². The Bertz CT molecular complexity index is 607. The van der Waals surface area contributed by atoms with Gasteiger partial charge < -0.3 is 10.6 Å². The number of aryl methyl sites for hydroxylation is 2. The van der Waals surface area contributed by atoms with Gasteiger partial charge >= 0.3 is 0 Å². The summed E-state index contributed by atoms with van der Waals surface area (Å²) in [5.74, 6) is 0.881. The molecule has 0 aliphatic rings. The number of nitrogens with zero attached hydrogens (tertiary/aromatic N) is 2. The molecule has 0 aliphatic heterocycles. The van der Waals surface area contributed by atoms with E-state index >= 15 is 0 Å². The summed E-state index contributed by atoms with van der Waals surface area (Å²) in [4.78, 5) is 9.91. The number of benzene rings is 1. The molecule has 0 bridgehead atoms. The van der Waals surface area contributed by atoms with Crippen LogP contribution in [0.3, 0.4) is 0 Å². The van der Waals surface area contributed by atoms with Crippen molar-refractivity contribution in [3.8, 4) is 0 Å². The molecule has 1 aromatic heterocycles. The summed E-state index contributed by atoms with van der Waals surface area (Å²) in [5, 5.41) is 7.91. The number of hydrogen-bond acceptors (Lipinski definition) is 3. The number of guanidine groups is 1. The molecule has 0 saturated carbocycles. The summed E-state index contributed by atoms with van der Waals surface area (Å²) in [6.45, 7) is 3.92. The third-order valence-electron chi connectivity index (χ3n) is 3.80. The molecule has 1 heterocycles. The van der Waals surface area contributed by atoms with Crippen LogP contribution in [-0.2, 0) is 12.8 Å². The van der Waals surface area contributed by atoms with E-state index in [0.29, 0.717) is 0 Å². The van der Waals surface area contributed by atoms with Crippen LogP contribution in [0, 0.1) is 6.92 Å². The lowest BCUT2D eigenvalue weighted by atomic mass is 10.1. The van der Waals surface area contributed by atoms with Gasteiger partial charge in [-0.15, -0.1) is 11.3 Å². The number of aliphatic imine (C=N–C) groups is 1. The molecule has 0 aliphatic carbocycles. The first-order chi connectivity index (χ1) is 11.8. The van der Waals surface area contributed by atoms with Crippen LogP contribution in [0.15, 0.2) is 41.5 Å². The summed E-state index contributed by atoms with van der Waals surface area (Å²) in [6.07, 6.45) is 7.68. The van der Waals surface area contributed by atoms with Crippen molar-refractivity contribution >= 4 is 17.3 Å². The fourth-order valence-corrected chi connectivity index (χ4v) is 3.29. The molecule has 0 spiro atoms. The van der Waals surface area contributed by atoms with Gasteiger partial charge in [-0.25, -0.2) is 4.98 Å². The maximum Gasteiger partial charge on any atom is 0.190 e. The van der Waals surface area contributed by atoms with Gasteiger partial charge in [0, 0.05) is 37.6 Å². The van der Waals surface area contributed by atoms with E-state index in [0.717, 1.165) is 25.5 Å². The van der Waals surface area contributed by atoms with Crippen molar-refractivity contribution in [2.24, 2.45) is 4.99 Å². The van der Waals surface area contributed by atoms with Crippen LogP contribution in [0.5, 0.6) is 0 Å². The number of thiazole rings is 1. The van der Waals surface area contributed by atoms with Crippen molar-refractivity contribution in [3.05, 3.63) is 52.0 Å². The molecule has 2 N–H and O–H groups in total. The summed E-state index contributed by atoms with van der Waals surface area (Å²) in [6, 6.07) is 10.7. The van der Waals surface area contributed by atoms with E-state index in [1.807, 2.05) is 13.2 Å². The Morgan fingerprint density at radius 1 is 1.04 bits per heavy atom. The lowest BCUT2D eigenvalue weighted by Crippen LogP contribution is -2.38. The van der Waals surface area contributed by atoms with Crippen LogP contribution in [0.1, 0.15) is 34.7 Å². The average molecular weight is 345 g/mol. The molecule has 2 aromatic rings. The number of aromatic nitrogens is 1. The van der Waals surface area contributed by atoms with Crippen LogP contribution in [0.4, 0.5) is 0 Å². The highest BCUT2D eigenvalue weighted by atomic mass is 32.1. The van der Waals surface area contributed by atoms with Crippen LogP contribution in [-0.4, -0.2) is 31.1 Å². The van der Waals surface area contributed by atoms with Gasteiger partial charge in [-0.3, -0.25) is 4.99 Å². The van der Waals surface area contributed by atoms with E-state index in [1.165, 1.54) is 41.1 Å². The zero-order valence-corrected chi connectivity index (χ0v) is 15.5. The highest BCUT2D eigenvalue weighted by Gasteiger charge is 2.00. The summed E-state index contributed by atoms with van der Waals surface area (Å²) >= 11 is 1.76. The normalized spacial score (nSPS) is 11.5. The average Bonchev–Trinajstić information content (AvgIpc) is 3.02. The minimum Gasteiger partial charge on any atom is -0.356 e. The van der Waals surface area contributed by atoms with Gasteiger partial charge in [0.2, 0.25) is 0 Å². The zero-order chi connectivity index (χ0) is 17.0. The molecule has 1 aromatic carbocycles. The molecule has 0 unspecified atom stereocenters. The summed E-state index contributed by atoms with van der Waals surface area (Å²) in [7, 11) is 1.82. The molecule has 0 radical (unpaired) electrons. The first kappa shape index (κ1) is 18.5. The van der Waals surface area contributed by atoms with E-state index < -0.39 is 0 Å². The molecule has 4 nitrogen and oxygen atoms in total. The predicted molar refractivity (Wildman–Crippen MR) is 104 cm³/mol. The molecule has 0 amide bonds. The highest BCUT2D eigenvalue weighted by Crippen LogP contribution is 2.10. The van der Waals surface area contributed by atoms with E-state index in [9.17, 15) is 0 Å². The molecule has 0 atom stereocenters. The number of rotatable bonds is 9. The van der Waals surface area contributed by atoms with Crippen LogP contribution in [0.25, 0.3) is 0 Å². The third kappa shape index (κ3) is 7.13. The Morgan fingerprint density at radius 3 is 2.54 bits per heavy atom. The number of hydrogen-bond donors (Lipinski definition) is 2. The van der Waals surface area contributed by atoms with Crippen LogP contribution >= 0.6 is 11.3 Å². The highest BCUT2D eigenvalue weighted by molar-refractivity contribution is 7.11. The second kappa shape index (κ2) is 10.8. The Labute approximate surface area is 149 Å². The van der Waals surface area contributed by atoms with Gasteiger partial charge in [-0.1, -0.05) is 36.8 Å². The lowest BCUT2D eigenvalue weighted by molar-refractivity contribution is 0.655. The van der Waals surface area contributed by atoms with E-state index in [4.69, 9.17) is 0 Å². The Kier molecular flexibility index (Phi) is 8.32. The predicted octanol–water partition coefficient (Wildman–Crippen LogP) is 3.57. The maximum absolute atomic E-state index is 4.38. The first-order valence-corrected chi connectivity index (χ1v) is 9.49. The quantitative estimate of drug-likeness (QED) is 0.415. The molecular weight excluding hydrogens is 316 g/mol.